The molecule has 0 saturated heterocycles. The zero-order chi connectivity index (χ0) is 10.8. The summed E-state index contributed by atoms with van der Waals surface area (Å²) in [5.41, 5.74) is 0. The van der Waals surface area contributed by atoms with E-state index in [4.69, 9.17) is 4.74 Å². The molecule has 84 valence electrons. The first-order chi connectivity index (χ1) is 6.70. The number of unbranched alkanes of at least 4 members (excludes halogenated alkanes) is 1. The third-order valence-corrected chi connectivity index (χ3v) is 2.39. The molecule has 0 radical (unpaired) electrons. The molecule has 0 aliphatic rings. The highest BCUT2D eigenvalue weighted by molar-refractivity contribution is 9.09. The van der Waals surface area contributed by atoms with Crippen LogP contribution in [0.5, 0.6) is 0 Å². The largest absolute Gasteiger partial charge is 0.377 e. The van der Waals surface area contributed by atoms with Gasteiger partial charge in [0.05, 0.1) is 6.10 Å². The van der Waals surface area contributed by atoms with Gasteiger partial charge in [-0.05, 0) is 26.7 Å². The van der Waals surface area contributed by atoms with Crippen LogP contribution in [0.2, 0.25) is 0 Å². The van der Waals surface area contributed by atoms with E-state index in [9.17, 15) is 4.79 Å². The van der Waals surface area contributed by atoms with E-state index < -0.39 is 0 Å². The summed E-state index contributed by atoms with van der Waals surface area (Å²) in [6.45, 7) is 5.22. The molecule has 0 heterocycles. The minimum absolute atomic E-state index is 0.111. The van der Waals surface area contributed by atoms with Crippen molar-refractivity contribution in [2.75, 3.05) is 18.5 Å². The Hall–Kier alpha value is -0.0900. The zero-order valence-corrected chi connectivity index (χ0v) is 10.6. The quantitative estimate of drug-likeness (QED) is 0.539. The van der Waals surface area contributed by atoms with Gasteiger partial charge in [-0.3, -0.25) is 4.79 Å². The lowest BCUT2D eigenvalue weighted by atomic mass is 10.2. The van der Waals surface area contributed by atoms with Crippen LogP contribution >= 0.6 is 15.9 Å². The van der Waals surface area contributed by atoms with Crippen LogP contribution in [-0.4, -0.2) is 30.5 Å². The van der Waals surface area contributed by atoms with Crippen LogP contribution in [0, 0.1) is 0 Å². The second kappa shape index (κ2) is 9.46. The Labute approximate surface area is 94.7 Å². The summed E-state index contributed by atoms with van der Waals surface area (Å²) in [7, 11) is 0. The van der Waals surface area contributed by atoms with Crippen LogP contribution < -0.4 is 5.32 Å². The molecule has 0 saturated carbocycles. The zero-order valence-electron chi connectivity index (χ0n) is 9.01. The van der Waals surface area contributed by atoms with E-state index in [1.165, 1.54) is 0 Å². The molecular weight excluding hydrogens is 246 g/mol. The van der Waals surface area contributed by atoms with Crippen molar-refractivity contribution in [3.63, 3.8) is 0 Å². The summed E-state index contributed by atoms with van der Waals surface area (Å²) in [5, 5.41) is 3.81. The fourth-order valence-corrected chi connectivity index (χ4v) is 1.47. The van der Waals surface area contributed by atoms with Gasteiger partial charge >= 0.3 is 0 Å². The van der Waals surface area contributed by atoms with Gasteiger partial charge in [-0.25, -0.2) is 0 Å². The summed E-state index contributed by atoms with van der Waals surface area (Å²) in [5.74, 6) is 0.123. The maximum Gasteiger partial charge on any atom is 0.220 e. The van der Waals surface area contributed by atoms with E-state index in [1.54, 1.807) is 0 Å². The van der Waals surface area contributed by atoms with Crippen molar-refractivity contribution >= 4 is 21.8 Å². The molecule has 0 aromatic heterocycles. The molecule has 4 heteroatoms. The maximum atomic E-state index is 11.2. The van der Waals surface area contributed by atoms with Crippen LogP contribution in [0.1, 0.15) is 33.1 Å². The van der Waals surface area contributed by atoms with Crippen molar-refractivity contribution in [3.05, 3.63) is 0 Å². The molecule has 0 fully saturated rings. The van der Waals surface area contributed by atoms with E-state index in [1.807, 2.05) is 13.8 Å². The number of carbonyl (C=O) groups is 1. The minimum Gasteiger partial charge on any atom is -0.377 e. The van der Waals surface area contributed by atoms with Crippen LogP contribution in [0.3, 0.4) is 0 Å². The van der Waals surface area contributed by atoms with Gasteiger partial charge in [0.15, 0.2) is 0 Å². The Kier molecular flexibility index (Phi) is 9.40. The number of hydrogen-bond acceptors (Lipinski definition) is 2. The van der Waals surface area contributed by atoms with E-state index >= 15 is 0 Å². The lowest BCUT2D eigenvalue weighted by Gasteiger charge is -2.12. The number of hydrogen-bond donors (Lipinski definition) is 1. The minimum atomic E-state index is 0.111. The second-order valence-corrected chi connectivity index (χ2v) is 4.01. The number of ether oxygens (including phenoxy) is 1. The second-order valence-electron chi connectivity index (χ2n) is 3.22. The molecule has 0 aromatic rings. The summed E-state index contributed by atoms with van der Waals surface area (Å²) in [4.78, 5) is 11.2. The average Bonchev–Trinajstić information content (AvgIpc) is 2.16. The number of carbonyl (C=O) groups excluding carboxylic acids is 1. The highest BCUT2D eigenvalue weighted by Gasteiger charge is 2.04. The normalized spacial score (nSPS) is 12.5. The van der Waals surface area contributed by atoms with Gasteiger partial charge in [0, 0.05) is 24.9 Å². The Morgan fingerprint density at radius 1 is 1.50 bits per heavy atom. The van der Waals surface area contributed by atoms with Gasteiger partial charge < -0.3 is 10.1 Å². The first-order valence-corrected chi connectivity index (χ1v) is 6.27. The smallest absolute Gasteiger partial charge is 0.220 e. The number of rotatable bonds is 8. The average molecular weight is 266 g/mol. The summed E-state index contributed by atoms with van der Waals surface area (Å²) < 4.78 is 5.30. The van der Waals surface area contributed by atoms with E-state index in [0.29, 0.717) is 19.6 Å². The molecule has 14 heavy (non-hydrogen) atoms. The van der Waals surface area contributed by atoms with Gasteiger partial charge in [-0.2, -0.15) is 0 Å². The Morgan fingerprint density at radius 2 is 2.21 bits per heavy atom. The number of nitrogens with one attached hydrogen (secondary N) is 1. The molecule has 0 aliphatic carbocycles. The predicted molar refractivity (Wildman–Crippen MR) is 61.7 cm³/mol. The van der Waals surface area contributed by atoms with E-state index in [2.05, 4.69) is 21.2 Å². The van der Waals surface area contributed by atoms with E-state index in [-0.39, 0.29) is 12.0 Å². The number of alkyl halides is 1. The molecule has 0 bridgehead atoms. The lowest BCUT2D eigenvalue weighted by Crippen LogP contribution is -2.31. The molecule has 1 unspecified atom stereocenters. The highest BCUT2D eigenvalue weighted by atomic mass is 79.9. The van der Waals surface area contributed by atoms with Crippen molar-refractivity contribution in [2.24, 2.45) is 0 Å². The van der Waals surface area contributed by atoms with Crippen molar-refractivity contribution in [1.82, 2.24) is 5.32 Å². The molecule has 1 amide bonds. The molecule has 0 aromatic carbocycles. The Morgan fingerprint density at radius 3 is 2.79 bits per heavy atom. The van der Waals surface area contributed by atoms with Gasteiger partial charge in [-0.15, -0.1) is 0 Å². The van der Waals surface area contributed by atoms with Crippen molar-refractivity contribution in [3.8, 4) is 0 Å². The van der Waals surface area contributed by atoms with Gasteiger partial charge in [0.1, 0.15) is 0 Å². The third-order valence-electron chi connectivity index (χ3n) is 1.83. The monoisotopic (exact) mass is 265 g/mol. The fraction of sp³-hybridized carbons (Fsp3) is 0.900. The summed E-state index contributed by atoms with van der Waals surface area (Å²) in [6.07, 6.45) is 2.72. The Balaban J connectivity index is 3.34. The standard InChI is InChI=1S/C10H20BrNO2/c1-3-14-9(2)8-12-10(13)6-4-5-7-11/h9H,3-8H2,1-2H3,(H,12,13). The molecular formula is C10H20BrNO2. The molecule has 0 rings (SSSR count). The molecule has 3 nitrogen and oxygen atoms in total. The van der Waals surface area contributed by atoms with Gasteiger partial charge in [0.2, 0.25) is 5.91 Å². The molecule has 1 N–H and O–H groups in total. The first-order valence-electron chi connectivity index (χ1n) is 5.15. The third kappa shape index (κ3) is 8.51. The van der Waals surface area contributed by atoms with Crippen LogP contribution in [-0.2, 0) is 9.53 Å². The molecule has 1 atom stereocenters. The van der Waals surface area contributed by atoms with Gasteiger partial charge in [-0.1, -0.05) is 15.9 Å². The van der Waals surface area contributed by atoms with Crippen LogP contribution in [0.4, 0.5) is 0 Å². The van der Waals surface area contributed by atoms with Crippen LogP contribution in [0.25, 0.3) is 0 Å². The van der Waals surface area contributed by atoms with Crippen molar-refractivity contribution < 1.29 is 9.53 Å². The predicted octanol–water partition coefficient (Wildman–Crippen LogP) is 2.09. The SMILES string of the molecule is CCOC(C)CNC(=O)CCCCBr. The first kappa shape index (κ1) is 13.9. The van der Waals surface area contributed by atoms with Crippen molar-refractivity contribution in [1.29, 1.82) is 0 Å². The maximum absolute atomic E-state index is 11.2. The number of amides is 1. The fourth-order valence-electron chi connectivity index (χ4n) is 1.07. The summed E-state index contributed by atoms with van der Waals surface area (Å²) in [6, 6.07) is 0. The Bertz CT molecular complexity index is 153. The van der Waals surface area contributed by atoms with Crippen molar-refractivity contribution in [2.45, 2.75) is 39.2 Å². The lowest BCUT2D eigenvalue weighted by molar-refractivity contribution is -0.121. The molecule has 0 aliphatic heterocycles. The van der Waals surface area contributed by atoms with E-state index in [0.717, 1.165) is 18.2 Å². The topological polar surface area (TPSA) is 38.3 Å². The highest BCUT2D eigenvalue weighted by Crippen LogP contribution is 1.98. The number of halogens is 1. The summed E-state index contributed by atoms with van der Waals surface area (Å²) >= 11 is 3.33. The molecule has 0 spiro atoms. The van der Waals surface area contributed by atoms with Gasteiger partial charge in [0.25, 0.3) is 0 Å². The van der Waals surface area contributed by atoms with Crippen LogP contribution in [0.15, 0.2) is 0 Å².